The quantitative estimate of drug-likeness (QED) is 0.841. The second kappa shape index (κ2) is 6.55. The number of piperazine rings is 1. The van der Waals surface area contributed by atoms with Crippen LogP contribution in [0.5, 0.6) is 0 Å². The number of carbonyl (C=O) groups is 1. The van der Waals surface area contributed by atoms with Crippen molar-refractivity contribution >= 4 is 34.4 Å². The van der Waals surface area contributed by atoms with Crippen molar-refractivity contribution in [2.45, 2.75) is 26.4 Å². The van der Waals surface area contributed by atoms with E-state index in [0.717, 1.165) is 5.69 Å². The summed E-state index contributed by atoms with van der Waals surface area (Å²) in [4.78, 5) is 34.4. The molecule has 1 fully saturated rings. The van der Waals surface area contributed by atoms with E-state index in [9.17, 15) is 9.59 Å². The van der Waals surface area contributed by atoms with Crippen LogP contribution in [0.3, 0.4) is 0 Å². The number of aromatic amines is 1. The minimum absolute atomic E-state index is 0.274. The number of hydrogen-bond acceptors (Lipinski definition) is 5. The third-order valence-corrected chi connectivity index (χ3v) is 4.24. The van der Waals surface area contributed by atoms with Crippen LogP contribution in [0.1, 0.15) is 20.8 Å². The Bertz CT molecular complexity index is 851. The first kappa shape index (κ1) is 17.5. The van der Waals surface area contributed by atoms with Gasteiger partial charge in [0.25, 0.3) is 5.56 Å². The third-order valence-electron chi connectivity index (χ3n) is 3.93. The summed E-state index contributed by atoms with van der Waals surface area (Å²) in [6.07, 6.45) is 1.42. The lowest BCUT2D eigenvalue weighted by molar-refractivity contribution is 0.0240. The van der Waals surface area contributed by atoms with Gasteiger partial charge in [-0.3, -0.25) is 4.79 Å². The molecule has 1 aliphatic heterocycles. The van der Waals surface area contributed by atoms with Crippen LogP contribution in [0.2, 0.25) is 5.02 Å². The minimum atomic E-state index is -0.496. The molecule has 0 atom stereocenters. The zero-order valence-electron chi connectivity index (χ0n) is 14.5. The Kier molecular flexibility index (Phi) is 4.60. The third kappa shape index (κ3) is 4.04. The van der Waals surface area contributed by atoms with Gasteiger partial charge in [0.1, 0.15) is 11.2 Å². The van der Waals surface area contributed by atoms with Gasteiger partial charge in [-0.05, 0) is 26.8 Å². The summed E-state index contributed by atoms with van der Waals surface area (Å²) in [5, 5.41) is 1.08. The van der Waals surface area contributed by atoms with Crippen molar-refractivity contribution in [3.8, 4) is 0 Å². The molecule has 0 spiro atoms. The number of ether oxygens (including phenoxy) is 1. The Balaban J connectivity index is 1.72. The molecule has 0 bridgehead atoms. The number of rotatable bonds is 1. The van der Waals surface area contributed by atoms with E-state index in [-0.39, 0.29) is 11.7 Å². The van der Waals surface area contributed by atoms with Crippen molar-refractivity contribution in [1.82, 2.24) is 14.9 Å². The van der Waals surface area contributed by atoms with Crippen molar-refractivity contribution in [1.29, 1.82) is 0 Å². The normalized spacial score (nSPS) is 15.5. The largest absolute Gasteiger partial charge is 0.444 e. The molecule has 7 nitrogen and oxygen atoms in total. The van der Waals surface area contributed by atoms with Crippen LogP contribution in [0.15, 0.2) is 23.1 Å². The average Bonchev–Trinajstić information content (AvgIpc) is 2.53. The van der Waals surface area contributed by atoms with Gasteiger partial charge in [0.05, 0.1) is 16.9 Å². The SMILES string of the molecule is CC(C)(C)OC(=O)N1CCN(c2cnc3[nH]c(=O)cc(Cl)c3c2)CC1. The molecule has 0 unspecified atom stereocenters. The van der Waals surface area contributed by atoms with E-state index in [0.29, 0.717) is 42.2 Å². The summed E-state index contributed by atoms with van der Waals surface area (Å²) in [6.45, 7) is 8.07. The Morgan fingerprint density at radius 3 is 2.56 bits per heavy atom. The van der Waals surface area contributed by atoms with E-state index >= 15 is 0 Å². The number of pyridine rings is 2. The van der Waals surface area contributed by atoms with Gasteiger partial charge in [0.15, 0.2) is 0 Å². The Hall–Kier alpha value is -2.28. The Labute approximate surface area is 150 Å². The molecule has 134 valence electrons. The first-order valence-electron chi connectivity index (χ1n) is 8.14. The number of nitrogens with one attached hydrogen (secondary N) is 1. The van der Waals surface area contributed by atoms with Gasteiger partial charge in [0, 0.05) is 37.6 Å². The number of halogens is 1. The molecule has 1 amide bonds. The number of H-pyrrole nitrogens is 1. The summed E-state index contributed by atoms with van der Waals surface area (Å²) >= 11 is 6.15. The number of fused-ring (bicyclic) bond motifs is 1. The number of aromatic nitrogens is 2. The van der Waals surface area contributed by atoms with E-state index in [4.69, 9.17) is 16.3 Å². The lowest BCUT2D eigenvalue weighted by atomic mass is 10.2. The van der Waals surface area contributed by atoms with Crippen LogP contribution in [-0.2, 0) is 4.74 Å². The highest BCUT2D eigenvalue weighted by atomic mass is 35.5. The van der Waals surface area contributed by atoms with Gasteiger partial charge in [-0.15, -0.1) is 0 Å². The van der Waals surface area contributed by atoms with Gasteiger partial charge in [-0.2, -0.15) is 0 Å². The number of hydrogen-bond donors (Lipinski definition) is 1. The van der Waals surface area contributed by atoms with Crippen LogP contribution in [0.4, 0.5) is 10.5 Å². The van der Waals surface area contributed by atoms with Crippen molar-refractivity contribution in [3.05, 3.63) is 33.7 Å². The van der Waals surface area contributed by atoms with E-state index in [1.165, 1.54) is 6.07 Å². The van der Waals surface area contributed by atoms with Crippen molar-refractivity contribution < 1.29 is 9.53 Å². The molecule has 2 aromatic rings. The van der Waals surface area contributed by atoms with E-state index in [1.54, 1.807) is 11.1 Å². The monoisotopic (exact) mass is 364 g/mol. The number of anilines is 1. The summed E-state index contributed by atoms with van der Waals surface area (Å²) in [5.74, 6) is 0. The summed E-state index contributed by atoms with van der Waals surface area (Å²) in [7, 11) is 0. The molecule has 1 saturated heterocycles. The molecule has 25 heavy (non-hydrogen) atoms. The summed E-state index contributed by atoms with van der Waals surface area (Å²) < 4.78 is 5.41. The number of nitrogens with zero attached hydrogens (tertiary/aromatic N) is 3. The van der Waals surface area contributed by atoms with Gasteiger partial charge in [0.2, 0.25) is 0 Å². The van der Waals surface area contributed by atoms with Crippen LogP contribution >= 0.6 is 11.6 Å². The fraction of sp³-hybridized carbons (Fsp3) is 0.471. The van der Waals surface area contributed by atoms with Crippen molar-refractivity contribution in [2.75, 3.05) is 31.1 Å². The van der Waals surface area contributed by atoms with Gasteiger partial charge < -0.3 is 19.5 Å². The first-order valence-corrected chi connectivity index (χ1v) is 8.52. The summed E-state index contributed by atoms with van der Waals surface area (Å²) in [5.41, 5.74) is 0.604. The zero-order chi connectivity index (χ0) is 18.2. The fourth-order valence-corrected chi connectivity index (χ4v) is 2.97. The van der Waals surface area contributed by atoms with E-state index in [2.05, 4.69) is 14.9 Å². The lowest BCUT2D eigenvalue weighted by Crippen LogP contribution is -2.50. The molecule has 0 aromatic carbocycles. The summed E-state index contributed by atoms with van der Waals surface area (Å²) in [6, 6.07) is 3.25. The predicted molar refractivity (Wildman–Crippen MR) is 97.4 cm³/mol. The highest BCUT2D eigenvalue weighted by Gasteiger charge is 2.26. The van der Waals surface area contributed by atoms with Crippen LogP contribution in [0.25, 0.3) is 11.0 Å². The molecule has 3 heterocycles. The minimum Gasteiger partial charge on any atom is -0.444 e. The van der Waals surface area contributed by atoms with Gasteiger partial charge in [-0.25, -0.2) is 9.78 Å². The van der Waals surface area contributed by atoms with E-state index < -0.39 is 5.60 Å². The second-order valence-corrected chi connectivity index (χ2v) is 7.43. The molecule has 0 saturated carbocycles. The maximum absolute atomic E-state index is 12.1. The molecule has 2 aromatic heterocycles. The second-order valence-electron chi connectivity index (χ2n) is 7.03. The van der Waals surface area contributed by atoms with Crippen molar-refractivity contribution in [3.63, 3.8) is 0 Å². The standard InChI is InChI=1S/C17H21ClN4O3/c1-17(2,3)25-16(24)22-6-4-21(5-7-22)11-8-12-13(18)9-14(23)20-15(12)19-10-11/h8-10H,4-7H2,1-3H3,(H,19,20,23). The van der Waals surface area contributed by atoms with Crippen LogP contribution in [-0.4, -0.2) is 52.7 Å². The molecule has 0 radical (unpaired) electrons. The fourth-order valence-electron chi connectivity index (χ4n) is 2.73. The van der Waals surface area contributed by atoms with Crippen LogP contribution < -0.4 is 10.5 Å². The highest BCUT2D eigenvalue weighted by Crippen LogP contribution is 2.24. The highest BCUT2D eigenvalue weighted by molar-refractivity contribution is 6.35. The average molecular weight is 365 g/mol. The van der Waals surface area contributed by atoms with Crippen LogP contribution in [0, 0.1) is 0 Å². The lowest BCUT2D eigenvalue weighted by Gasteiger charge is -2.36. The smallest absolute Gasteiger partial charge is 0.410 e. The predicted octanol–water partition coefficient (Wildman–Crippen LogP) is 2.63. The zero-order valence-corrected chi connectivity index (χ0v) is 15.3. The topological polar surface area (TPSA) is 78.5 Å². The van der Waals surface area contributed by atoms with Gasteiger partial charge >= 0.3 is 6.09 Å². The van der Waals surface area contributed by atoms with E-state index in [1.807, 2.05) is 26.8 Å². The maximum atomic E-state index is 12.1. The maximum Gasteiger partial charge on any atom is 0.410 e. The Morgan fingerprint density at radius 2 is 1.92 bits per heavy atom. The molecular weight excluding hydrogens is 344 g/mol. The van der Waals surface area contributed by atoms with Gasteiger partial charge in [-0.1, -0.05) is 11.6 Å². The molecule has 1 aliphatic rings. The molecule has 3 rings (SSSR count). The molecular formula is C17H21ClN4O3. The Morgan fingerprint density at radius 1 is 1.24 bits per heavy atom. The number of amides is 1. The molecule has 8 heteroatoms. The molecule has 0 aliphatic carbocycles. The number of carbonyl (C=O) groups excluding carboxylic acids is 1. The molecule has 1 N–H and O–H groups in total. The first-order chi connectivity index (χ1) is 11.7. The van der Waals surface area contributed by atoms with Crippen molar-refractivity contribution in [2.24, 2.45) is 0 Å².